The number of fused-ring (bicyclic) bond motifs is 2. The lowest BCUT2D eigenvalue weighted by atomic mass is 9.85. The third-order valence-electron chi connectivity index (χ3n) is 9.86. The maximum atomic E-state index is 10.3. The predicted octanol–water partition coefficient (Wildman–Crippen LogP) is 8.08. The fraction of sp³-hybridized carbons (Fsp3) is 0.156. The SMILES string of the molecule is OCc1cc(CCc2ccc(-c3c4ccccc4c(-c4ccc(Cc5cc(CO)c(O)c(CO)c5)cc4)c4ccccc34)cc2)cc(CO)c1O. The van der Waals surface area contributed by atoms with Gasteiger partial charge in [0.15, 0.2) is 0 Å². The fourth-order valence-corrected chi connectivity index (χ4v) is 7.30. The molecule has 0 saturated heterocycles. The number of benzene rings is 7. The summed E-state index contributed by atoms with van der Waals surface area (Å²) in [6.45, 7) is -1.17. The molecular weight excluding hydrogens is 636 g/mol. The number of aliphatic hydroxyl groups is 4. The van der Waals surface area contributed by atoms with Gasteiger partial charge < -0.3 is 30.6 Å². The predicted molar refractivity (Wildman–Crippen MR) is 202 cm³/mol. The summed E-state index contributed by atoms with van der Waals surface area (Å²) in [6, 6.07) is 41.5. The molecule has 0 aromatic heterocycles. The van der Waals surface area contributed by atoms with E-state index in [-0.39, 0.29) is 37.9 Å². The van der Waals surface area contributed by atoms with Crippen LogP contribution in [0.15, 0.2) is 121 Å². The number of aryl methyl sites for hydroxylation is 2. The van der Waals surface area contributed by atoms with Crippen LogP contribution in [0.1, 0.15) is 44.5 Å². The first-order chi connectivity index (χ1) is 24.9. The van der Waals surface area contributed by atoms with Crippen molar-refractivity contribution in [3.8, 4) is 33.8 Å². The average molecular weight is 677 g/mol. The standard InChI is InChI=1S/C45H40O6/c46-24-34-20-30(21-35(25-47)44(34)50)10-9-28-11-15-32(16-12-28)42-38-5-1-3-7-40(38)43(41-8-4-2-6-39(41)42)33-17-13-29(14-18-33)19-31-22-36(26-48)45(51)37(23-31)27-49/h1-8,11-18,20-23,46-51H,9-10,19,24-27H2. The first-order valence-electron chi connectivity index (χ1n) is 17.1. The van der Waals surface area contributed by atoms with Gasteiger partial charge in [0.1, 0.15) is 11.5 Å². The van der Waals surface area contributed by atoms with Gasteiger partial charge in [0.2, 0.25) is 0 Å². The van der Waals surface area contributed by atoms with E-state index in [9.17, 15) is 30.6 Å². The van der Waals surface area contributed by atoms with Crippen molar-refractivity contribution in [1.82, 2.24) is 0 Å². The summed E-state index contributed by atoms with van der Waals surface area (Å²) in [4.78, 5) is 0. The van der Waals surface area contributed by atoms with Crippen LogP contribution in [0.4, 0.5) is 0 Å². The molecule has 51 heavy (non-hydrogen) atoms. The number of hydrogen-bond acceptors (Lipinski definition) is 6. The van der Waals surface area contributed by atoms with Gasteiger partial charge in [-0.2, -0.15) is 0 Å². The topological polar surface area (TPSA) is 121 Å². The van der Waals surface area contributed by atoms with Crippen LogP contribution in [0, 0.1) is 0 Å². The molecule has 0 bridgehead atoms. The lowest BCUT2D eigenvalue weighted by Gasteiger charge is -2.18. The highest BCUT2D eigenvalue weighted by Crippen LogP contribution is 2.43. The molecule has 0 spiro atoms. The summed E-state index contributed by atoms with van der Waals surface area (Å²) in [7, 11) is 0. The fourth-order valence-electron chi connectivity index (χ4n) is 7.30. The van der Waals surface area contributed by atoms with Gasteiger partial charge in [-0.05, 0) is 110 Å². The Bertz CT molecular complexity index is 2240. The molecule has 6 nitrogen and oxygen atoms in total. The molecule has 0 unspecified atom stereocenters. The maximum Gasteiger partial charge on any atom is 0.126 e. The van der Waals surface area contributed by atoms with Gasteiger partial charge in [0, 0.05) is 22.3 Å². The van der Waals surface area contributed by atoms with Gasteiger partial charge >= 0.3 is 0 Å². The Balaban J connectivity index is 1.22. The van der Waals surface area contributed by atoms with Gasteiger partial charge in [0.25, 0.3) is 0 Å². The quantitative estimate of drug-likeness (QED) is 0.0771. The number of phenols is 2. The Kier molecular flexibility index (Phi) is 9.84. The molecule has 7 rings (SSSR count). The number of hydrogen-bond donors (Lipinski definition) is 6. The second-order valence-electron chi connectivity index (χ2n) is 13.1. The Labute approximate surface area is 296 Å². The molecule has 0 atom stereocenters. The third kappa shape index (κ3) is 6.70. The van der Waals surface area contributed by atoms with Crippen molar-refractivity contribution in [2.75, 3.05) is 0 Å². The Morgan fingerprint density at radius 2 is 0.686 bits per heavy atom. The van der Waals surface area contributed by atoms with Crippen molar-refractivity contribution in [1.29, 1.82) is 0 Å². The molecule has 0 heterocycles. The summed E-state index contributed by atoms with van der Waals surface area (Å²) in [6.07, 6.45) is 2.08. The molecule has 0 fully saturated rings. The normalized spacial score (nSPS) is 11.5. The molecule has 6 heteroatoms. The molecule has 7 aromatic carbocycles. The molecule has 6 N–H and O–H groups in total. The summed E-state index contributed by atoms with van der Waals surface area (Å²) >= 11 is 0. The van der Waals surface area contributed by atoms with Crippen LogP contribution in [0.3, 0.4) is 0 Å². The number of aromatic hydroxyl groups is 2. The van der Waals surface area contributed by atoms with E-state index in [0.29, 0.717) is 35.1 Å². The first-order valence-corrected chi connectivity index (χ1v) is 17.1. The van der Waals surface area contributed by atoms with Crippen molar-refractivity contribution < 1.29 is 30.6 Å². The minimum absolute atomic E-state index is 0.0443. The largest absolute Gasteiger partial charge is 0.507 e. The van der Waals surface area contributed by atoms with E-state index in [0.717, 1.165) is 55.8 Å². The van der Waals surface area contributed by atoms with Crippen LogP contribution >= 0.6 is 0 Å². The molecule has 0 aliphatic heterocycles. The lowest BCUT2D eigenvalue weighted by molar-refractivity contribution is 0.263. The molecule has 256 valence electrons. The van der Waals surface area contributed by atoms with Crippen molar-refractivity contribution in [3.05, 3.63) is 166 Å². The molecule has 0 amide bonds. The summed E-state index contributed by atoms with van der Waals surface area (Å²) < 4.78 is 0. The van der Waals surface area contributed by atoms with Crippen LogP contribution in [0.2, 0.25) is 0 Å². The molecule has 0 aliphatic rings. The van der Waals surface area contributed by atoms with Gasteiger partial charge in [-0.3, -0.25) is 0 Å². The van der Waals surface area contributed by atoms with Gasteiger partial charge in [0.05, 0.1) is 26.4 Å². The monoisotopic (exact) mass is 676 g/mol. The van der Waals surface area contributed by atoms with Gasteiger partial charge in [-0.15, -0.1) is 0 Å². The second-order valence-corrected chi connectivity index (χ2v) is 13.1. The maximum absolute atomic E-state index is 10.3. The van der Waals surface area contributed by atoms with E-state index >= 15 is 0 Å². The Hall–Kier alpha value is -5.50. The highest BCUT2D eigenvalue weighted by Gasteiger charge is 2.17. The van der Waals surface area contributed by atoms with Crippen LogP contribution in [-0.2, 0) is 45.7 Å². The van der Waals surface area contributed by atoms with Crippen molar-refractivity contribution >= 4 is 21.5 Å². The highest BCUT2D eigenvalue weighted by molar-refractivity contribution is 6.21. The van der Waals surface area contributed by atoms with Crippen molar-refractivity contribution in [3.63, 3.8) is 0 Å². The molecular formula is C45H40O6. The van der Waals surface area contributed by atoms with Crippen LogP contribution in [0.5, 0.6) is 11.5 Å². The molecule has 0 aliphatic carbocycles. The van der Waals surface area contributed by atoms with Crippen molar-refractivity contribution in [2.24, 2.45) is 0 Å². The summed E-state index contributed by atoms with van der Waals surface area (Å²) in [5.74, 6) is -0.101. The van der Waals surface area contributed by atoms with E-state index in [1.165, 1.54) is 16.7 Å². The average Bonchev–Trinajstić information content (AvgIpc) is 3.17. The smallest absolute Gasteiger partial charge is 0.126 e. The minimum atomic E-state index is -0.299. The van der Waals surface area contributed by atoms with E-state index in [4.69, 9.17) is 0 Å². The Morgan fingerprint density at radius 1 is 0.353 bits per heavy atom. The number of rotatable bonds is 11. The zero-order chi connectivity index (χ0) is 35.5. The zero-order valence-corrected chi connectivity index (χ0v) is 28.2. The highest BCUT2D eigenvalue weighted by atomic mass is 16.3. The summed E-state index contributed by atoms with van der Waals surface area (Å²) in [5, 5.41) is 63.9. The van der Waals surface area contributed by atoms with Crippen LogP contribution in [-0.4, -0.2) is 30.6 Å². The molecule has 7 aromatic rings. The Morgan fingerprint density at radius 3 is 1.06 bits per heavy atom. The molecule has 0 radical (unpaired) electrons. The second kappa shape index (κ2) is 14.8. The van der Waals surface area contributed by atoms with Crippen molar-refractivity contribution in [2.45, 2.75) is 45.7 Å². The summed E-state index contributed by atoms with van der Waals surface area (Å²) in [5.41, 5.74) is 10.4. The van der Waals surface area contributed by atoms with Crippen LogP contribution in [0.25, 0.3) is 43.8 Å². The molecule has 0 saturated carbocycles. The first kappa shape index (κ1) is 34.0. The lowest BCUT2D eigenvalue weighted by Crippen LogP contribution is -1.98. The minimum Gasteiger partial charge on any atom is -0.507 e. The van der Waals surface area contributed by atoms with Gasteiger partial charge in [-0.25, -0.2) is 0 Å². The van der Waals surface area contributed by atoms with E-state index in [2.05, 4.69) is 97.1 Å². The van der Waals surface area contributed by atoms with E-state index in [1.54, 1.807) is 24.3 Å². The van der Waals surface area contributed by atoms with E-state index < -0.39 is 0 Å². The zero-order valence-electron chi connectivity index (χ0n) is 28.2. The number of aliphatic hydroxyl groups excluding tert-OH is 4. The third-order valence-corrected chi connectivity index (χ3v) is 9.86. The van der Waals surface area contributed by atoms with Crippen LogP contribution < -0.4 is 0 Å². The van der Waals surface area contributed by atoms with E-state index in [1.807, 2.05) is 0 Å². The van der Waals surface area contributed by atoms with Gasteiger partial charge in [-0.1, -0.05) is 97.1 Å².